The smallest absolute Gasteiger partial charge is 0.376 e. The monoisotopic (exact) mass is 704 g/mol. The van der Waals surface area contributed by atoms with Gasteiger partial charge < -0.3 is 15.1 Å². The molecule has 1 fully saturated rings. The van der Waals surface area contributed by atoms with Gasteiger partial charge in [-0.3, -0.25) is 14.8 Å². The quantitative estimate of drug-likeness (QED) is 0.180. The lowest BCUT2D eigenvalue weighted by Crippen LogP contribution is -2.55. The number of carbonyl (C=O) groups excluding carboxylic acids is 2. The zero-order valence-corrected chi connectivity index (χ0v) is 29.0. The SMILES string of the molecule is CC(c1ccnc2c(N(C)C)cccc12)C1(C(C)c2ccnc3c(N(C)C)cccc23)NC(=O)N(c2ccc(S(=O)(=O)C(F)(F)F)cc2)C1=O. The van der Waals surface area contributed by atoms with Crippen molar-refractivity contribution in [2.24, 2.45) is 0 Å². The predicted octanol–water partition coefficient (Wildman–Crippen LogP) is 6.61. The van der Waals surface area contributed by atoms with Gasteiger partial charge >= 0.3 is 11.5 Å². The van der Waals surface area contributed by atoms with E-state index in [2.05, 4.69) is 15.3 Å². The van der Waals surface area contributed by atoms with Crippen LogP contribution in [0.2, 0.25) is 0 Å². The van der Waals surface area contributed by atoms with Gasteiger partial charge in [0.25, 0.3) is 15.7 Å². The normalized spacial score (nSPS) is 18.0. The molecule has 0 bridgehead atoms. The molecule has 0 saturated carbocycles. The number of carbonyl (C=O) groups is 2. The topological polar surface area (TPSA) is 116 Å². The first-order chi connectivity index (χ1) is 23.5. The number of halogens is 3. The molecule has 1 N–H and O–H groups in total. The third-order valence-corrected chi connectivity index (χ3v) is 11.1. The van der Waals surface area contributed by atoms with Crippen LogP contribution in [0.4, 0.5) is 35.0 Å². The fourth-order valence-electron chi connectivity index (χ4n) is 7.00. The zero-order valence-electron chi connectivity index (χ0n) is 28.1. The zero-order chi connectivity index (χ0) is 36.3. The Bertz CT molecular complexity index is 2160. The minimum atomic E-state index is -5.65. The van der Waals surface area contributed by atoms with E-state index >= 15 is 4.79 Å². The van der Waals surface area contributed by atoms with Crippen molar-refractivity contribution in [3.63, 3.8) is 0 Å². The van der Waals surface area contributed by atoms with E-state index in [1.54, 1.807) is 12.4 Å². The molecule has 6 rings (SSSR count). The summed E-state index contributed by atoms with van der Waals surface area (Å²) in [6.07, 6.45) is 3.31. The molecule has 0 spiro atoms. The van der Waals surface area contributed by atoms with Crippen LogP contribution < -0.4 is 20.0 Å². The second-order valence-electron chi connectivity index (χ2n) is 12.8. The highest BCUT2D eigenvalue weighted by molar-refractivity contribution is 7.92. The van der Waals surface area contributed by atoms with Gasteiger partial charge in [-0.1, -0.05) is 38.1 Å². The fraction of sp³-hybridized carbons (Fsp3) is 0.278. The Balaban J connectivity index is 1.56. The first kappa shape index (κ1) is 34.6. The Labute approximate surface area is 287 Å². The van der Waals surface area contributed by atoms with Crippen molar-refractivity contribution in [1.29, 1.82) is 0 Å². The summed E-state index contributed by atoms with van der Waals surface area (Å²) >= 11 is 0. The number of urea groups is 1. The highest BCUT2D eigenvalue weighted by Crippen LogP contribution is 2.48. The van der Waals surface area contributed by atoms with Gasteiger partial charge in [-0.25, -0.2) is 18.1 Å². The van der Waals surface area contributed by atoms with Crippen LogP contribution in [0.25, 0.3) is 21.8 Å². The van der Waals surface area contributed by atoms with Crippen molar-refractivity contribution in [1.82, 2.24) is 15.3 Å². The lowest BCUT2D eigenvalue weighted by atomic mass is 9.68. The molecule has 2 atom stereocenters. The summed E-state index contributed by atoms with van der Waals surface area (Å²) in [6, 6.07) is 17.8. The van der Waals surface area contributed by atoms with Crippen molar-refractivity contribution in [3.8, 4) is 0 Å². The van der Waals surface area contributed by atoms with Gasteiger partial charge in [0.15, 0.2) is 0 Å². The lowest BCUT2D eigenvalue weighted by molar-refractivity contribution is -0.123. The maximum Gasteiger partial charge on any atom is 0.501 e. The first-order valence-electron chi connectivity index (χ1n) is 15.7. The fourth-order valence-corrected chi connectivity index (χ4v) is 7.76. The summed E-state index contributed by atoms with van der Waals surface area (Å²) in [7, 11) is 1.95. The average molecular weight is 705 g/mol. The molecule has 5 aromatic rings. The van der Waals surface area contributed by atoms with Crippen LogP contribution in [-0.4, -0.2) is 69.6 Å². The molecule has 3 aromatic carbocycles. The van der Waals surface area contributed by atoms with Gasteiger partial charge in [-0.05, 0) is 59.7 Å². The van der Waals surface area contributed by atoms with Crippen LogP contribution in [0, 0.1) is 0 Å². The van der Waals surface area contributed by atoms with Gasteiger partial charge in [0.1, 0.15) is 5.54 Å². The number of alkyl halides is 3. The molecule has 2 aromatic heterocycles. The maximum atomic E-state index is 15.0. The van der Waals surface area contributed by atoms with Gasteiger partial charge in [0.05, 0.1) is 33.0 Å². The third kappa shape index (κ3) is 5.29. The number of aromatic nitrogens is 2. The number of rotatable bonds is 8. The first-order valence-corrected chi connectivity index (χ1v) is 17.2. The average Bonchev–Trinajstić information content (AvgIpc) is 3.35. The molecule has 1 saturated heterocycles. The number of para-hydroxylation sites is 2. The summed E-state index contributed by atoms with van der Waals surface area (Å²) in [5.74, 6) is -2.03. The molecular weight excluding hydrogens is 669 g/mol. The van der Waals surface area contributed by atoms with Crippen LogP contribution in [-0.2, 0) is 14.6 Å². The highest BCUT2D eigenvalue weighted by Gasteiger charge is 2.59. The largest absolute Gasteiger partial charge is 0.501 e. The van der Waals surface area contributed by atoms with Crippen molar-refractivity contribution >= 4 is 60.6 Å². The van der Waals surface area contributed by atoms with E-state index in [0.717, 1.165) is 62.4 Å². The highest BCUT2D eigenvalue weighted by atomic mass is 32.2. The summed E-state index contributed by atoms with van der Waals surface area (Å²) in [5, 5.41) is 4.56. The molecule has 0 aliphatic carbocycles. The van der Waals surface area contributed by atoms with Gasteiger partial charge in [0.2, 0.25) is 0 Å². The maximum absolute atomic E-state index is 15.0. The number of benzene rings is 3. The Kier molecular flexibility index (Phi) is 8.49. The standard InChI is InChI=1S/C36H35F3N6O4S/c1-21(25-17-19-40-31-27(25)9-7-11-29(31)43(3)4)35(22(2)26-18-20-41-32-28(26)10-8-12-30(32)44(5)6)33(46)45(34(47)42-35)23-13-15-24(16-14-23)50(48,49)36(37,38)39/h7-22H,1-6H3,(H,42,47). The number of pyridine rings is 2. The van der Waals surface area contributed by atoms with Crippen LogP contribution in [0.3, 0.4) is 0 Å². The minimum absolute atomic E-state index is 0.0844. The lowest BCUT2D eigenvalue weighted by Gasteiger charge is -2.39. The molecule has 3 heterocycles. The van der Waals surface area contributed by atoms with E-state index in [0.29, 0.717) is 11.0 Å². The summed E-state index contributed by atoms with van der Waals surface area (Å²) in [6.45, 7) is 3.70. The predicted molar refractivity (Wildman–Crippen MR) is 187 cm³/mol. The Morgan fingerprint density at radius 3 is 1.62 bits per heavy atom. The van der Waals surface area contributed by atoms with E-state index in [1.807, 2.05) is 100 Å². The summed E-state index contributed by atoms with van der Waals surface area (Å²) in [5.41, 5.74) is -2.67. The number of amides is 3. The number of sulfone groups is 1. The van der Waals surface area contributed by atoms with Gasteiger partial charge in [-0.15, -0.1) is 0 Å². The molecule has 1 aliphatic rings. The Morgan fingerprint density at radius 2 is 1.20 bits per heavy atom. The van der Waals surface area contributed by atoms with Crippen molar-refractivity contribution in [3.05, 3.63) is 96.3 Å². The third-order valence-electron chi connectivity index (χ3n) is 9.61. The van der Waals surface area contributed by atoms with E-state index in [1.165, 1.54) is 0 Å². The van der Waals surface area contributed by atoms with Crippen molar-refractivity contribution < 1.29 is 31.2 Å². The number of hydrogen-bond acceptors (Lipinski definition) is 8. The van der Waals surface area contributed by atoms with E-state index in [-0.39, 0.29) is 5.69 Å². The Morgan fingerprint density at radius 1 is 0.740 bits per heavy atom. The second kappa shape index (κ2) is 12.3. The molecule has 1 aliphatic heterocycles. The molecular formula is C36H35F3N6O4S. The van der Waals surface area contributed by atoms with Crippen LogP contribution in [0.15, 0.2) is 90.1 Å². The number of fused-ring (bicyclic) bond motifs is 2. The number of hydrogen-bond donors (Lipinski definition) is 1. The van der Waals surface area contributed by atoms with E-state index in [4.69, 9.17) is 0 Å². The summed E-state index contributed by atoms with van der Waals surface area (Å²) in [4.78, 5) is 42.0. The number of nitrogens with zero attached hydrogens (tertiary/aromatic N) is 5. The number of imide groups is 1. The van der Waals surface area contributed by atoms with Crippen LogP contribution >= 0.6 is 0 Å². The van der Waals surface area contributed by atoms with Crippen LogP contribution in [0.5, 0.6) is 0 Å². The summed E-state index contributed by atoms with van der Waals surface area (Å²) < 4.78 is 63.9. The number of nitrogens with one attached hydrogen (secondary N) is 1. The van der Waals surface area contributed by atoms with E-state index < -0.39 is 49.6 Å². The number of anilines is 3. The molecule has 0 radical (unpaired) electrons. The molecule has 260 valence electrons. The van der Waals surface area contributed by atoms with Crippen molar-refractivity contribution in [2.45, 2.75) is 41.6 Å². The second-order valence-corrected chi connectivity index (χ2v) is 14.7. The molecule has 10 nitrogen and oxygen atoms in total. The molecule has 3 amide bonds. The Hall–Kier alpha value is -5.24. The molecule has 2 unspecified atom stereocenters. The van der Waals surface area contributed by atoms with Crippen LogP contribution in [0.1, 0.15) is 36.8 Å². The van der Waals surface area contributed by atoms with E-state index in [9.17, 15) is 26.4 Å². The molecule has 50 heavy (non-hydrogen) atoms. The van der Waals surface area contributed by atoms with Gasteiger partial charge in [-0.2, -0.15) is 13.2 Å². The minimum Gasteiger partial charge on any atom is -0.376 e. The van der Waals surface area contributed by atoms with Crippen molar-refractivity contribution in [2.75, 3.05) is 42.9 Å². The molecule has 14 heteroatoms. The van der Waals surface area contributed by atoms with Gasteiger partial charge in [0, 0.05) is 63.2 Å².